The fourth-order valence-corrected chi connectivity index (χ4v) is 2.22. The van der Waals surface area contributed by atoms with E-state index >= 15 is 0 Å². The van der Waals surface area contributed by atoms with Gasteiger partial charge in [0.2, 0.25) is 0 Å². The molecule has 18 heavy (non-hydrogen) atoms. The zero-order valence-electron chi connectivity index (χ0n) is 10.6. The molecule has 0 aliphatic rings. The van der Waals surface area contributed by atoms with Gasteiger partial charge in [0.25, 0.3) is 0 Å². The molecule has 0 fully saturated rings. The van der Waals surface area contributed by atoms with Crippen molar-refractivity contribution in [3.63, 3.8) is 0 Å². The summed E-state index contributed by atoms with van der Waals surface area (Å²) in [5.41, 5.74) is 0.765. The zero-order chi connectivity index (χ0) is 13.0. The van der Waals surface area contributed by atoms with Crippen molar-refractivity contribution in [3.05, 3.63) is 47.7 Å². The van der Waals surface area contributed by atoms with E-state index in [0.29, 0.717) is 5.02 Å². The summed E-state index contributed by atoms with van der Waals surface area (Å²) in [6, 6.07) is 8.02. The third-order valence-electron chi connectivity index (χ3n) is 2.90. The van der Waals surface area contributed by atoms with E-state index in [1.165, 1.54) is 0 Å². The summed E-state index contributed by atoms with van der Waals surface area (Å²) in [6.45, 7) is 6.91. The highest BCUT2D eigenvalue weighted by molar-refractivity contribution is 6.34. The van der Waals surface area contributed by atoms with Gasteiger partial charge in [-0.3, -0.25) is 0 Å². The number of furan rings is 1. The molecule has 3 heteroatoms. The highest BCUT2D eigenvalue weighted by Gasteiger charge is 2.15. The predicted molar refractivity (Wildman–Crippen MR) is 77.1 cm³/mol. The lowest BCUT2D eigenvalue weighted by molar-refractivity contribution is 0.432. The minimum absolute atomic E-state index is 0.172. The number of hydrogen-bond donors (Lipinski definition) is 1. The summed E-state index contributed by atoms with van der Waals surface area (Å²) in [5, 5.41) is 5.16. The maximum absolute atomic E-state index is 6.12. The molecule has 1 unspecified atom stereocenters. The first-order valence-electron chi connectivity index (χ1n) is 6.28. The summed E-state index contributed by atoms with van der Waals surface area (Å²) < 4.78 is 5.87. The van der Waals surface area contributed by atoms with Gasteiger partial charge >= 0.3 is 0 Å². The molecule has 0 aliphatic heterocycles. The van der Waals surface area contributed by atoms with E-state index in [-0.39, 0.29) is 6.04 Å². The fourth-order valence-electron chi connectivity index (χ4n) is 2.00. The van der Waals surface area contributed by atoms with Gasteiger partial charge in [0.05, 0.1) is 11.1 Å². The number of halogens is 1. The van der Waals surface area contributed by atoms with Crippen LogP contribution in [0.1, 0.15) is 31.6 Å². The first kappa shape index (κ1) is 13.2. The van der Waals surface area contributed by atoms with Crippen LogP contribution in [-0.4, -0.2) is 6.54 Å². The Kier molecular flexibility index (Phi) is 4.45. The molecule has 1 aromatic heterocycles. The van der Waals surface area contributed by atoms with Gasteiger partial charge in [-0.15, -0.1) is 6.58 Å². The van der Waals surface area contributed by atoms with Crippen LogP contribution in [0.15, 0.2) is 41.3 Å². The summed E-state index contributed by atoms with van der Waals surface area (Å²) in [4.78, 5) is 0. The Morgan fingerprint density at radius 3 is 3.00 bits per heavy atom. The standard InChI is InChI=1S/C15H18ClNO/c1-3-6-13(17-9-4-2)14-10-11-7-5-8-12(16)15(11)18-14/h3,5,7-8,10,13,17H,1,4,6,9H2,2H3. The second-order valence-corrected chi connectivity index (χ2v) is 4.75. The lowest BCUT2D eigenvalue weighted by Crippen LogP contribution is -2.21. The maximum atomic E-state index is 6.12. The Labute approximate surface area is 113 Å². The van der Waals surface area contributed by atoms with Gasteiger partial charge in [0.1, 0.15) is 5.76 Å². The van der Waals surface area contributed by atoms with Crippen molar-refractivity contribution in [1.29, 1.82) is 0 Å². The molecule has 0 saturated carbocycles. The van der Waals surface area contributed by atoms with Crippen molar-refractivity contribution in [3.8, 4) is 0 Å². The minimum Gasteiger partial charge on any atom is -0.458 e. The van der Waals surface area contributed by atoms with Crippen molar-refractivity contribution in [2.75, 3.05) is 6.54 Å². The lowest BCUT2D eigenvalue weighted by Gasteiger charge is -2.13. The maximum Gasteiger partial charge on any atom is 0.152 e. The Morgan fingerprint density at radius 2 is 2.33 bits per heavy atom. The van der Waals surface area contributed by atoms with Crippen molar-refractivity contribution in [2.24, 2.45) is 0 Å². The van der Waals surface area contributed by atoms with E-state index in [0.717, 1.165) is 36.1 Å². The largest absolute Gasteiger partial charge is 0.458 e. The normalized spacial score (nSPS) is 12.8. The van der Waals surface area contributed by atoms with Gasteiger partial charge in [0, 0.05) is 5.39 Å². The highest BCUT2D eigenvalue weighted by atomic mass is 35.5. The van der Waals surface area contributed by atoms with Gasteiger partial charge in [-0.2, -0.15) is 0 Å². The van der Waals surface area contributed by atoms with Crippen LogP contribution < -0.4 is 5.32 Å². The lowest BCUT2D eigenvalue weighted by atomic mass is 10.1. The molecule has 1 heterocycles. The molecule has 0 aliphatic carbocycles. The number of benzene rings is 1. The van der Waals surface area contributed by atoms with Crippen LogP contribution in [0.4, 0.5) is 0 Å². The Bertz CT molecular complexity index is 532. The van der Waals surface area contributed by atoms with E-state index in [9.17, 15) is 0 Å². The molecule has 0 saturated heterocycles. The molecule has 0 spiro atoms. The number of para-hydroxylation sites is 1. The predicted octanol–water partition coefficient (Wildman–Crippen LogP) is 4.70. The third kappa shape index (κ3) is 2.77. The fraction of sp³-hybridized carbons (Fsp3) is 0.333. The van der Waals surface area contributed by atoms with Crippen molar-refractivity contribution >= 4 is 22.6 Å². The minimum atomic E-state index is 0.172. The van der Waals surface area contributed by atoms with Gasteiger partial charge in [-0.25, -0.2) is 0 Å². The first-order valence-corrected chi connectivity index (χ1v) is 6.66. The molecular formula is C15H18ClNO. The van der Waals surface area contributed by atoms with Crippen molar-refractivity contribution in [1.82, 2.24) is 5.32 Å². The molecule has 1 N–H and O–H groups in total. The van der Waals surface area contributed by atoms with Crippen LogP contribution in [0.2, 0.25) is 5.02 Å². The Hall–Kier alpha value is -1.25. The summed E-state index contributed by atoms with van der Waals surface area (Å²) in [6.07, 6.45) is 3.84. The molecule has 0 amide bonds. The molecule has 0 radical (unpaired) electrons. The van der Waals surface area contributed by atoms with E-state index < -0.39 is 0 Å². The molecular weight excluding hydrogens is 246 g/mol. The van der Waals surface area contributed by atoms with Crippen LogP contribution >= 0.6 is 11.6 Å². The molecule has 0 bridgehead atoms. The van der Waals surface area contributed by atoms with Crippen molar-refractivity contribution in [2.45, 2.75) is 25.8 Å². The molecule has 1 atom stereocenters. The van der Waals surface area contributed by atoms with Gasteiger partial charge in [-0.05, 0) is 31.5 Å². The van der Waals surface area contributed by atoms with Crippen LogP contribution in [0.5, 0.6) is 0 Å². The second-order valence-electron chi connectivity index (χ2n) is 4.34. The SMILES string of the molecule is C=CCC(NCCC)c1cc2cccc(Cl)c2o1. The summed E-state index contributed by atoms with van der Waals surface area (Å²) in [5.74, 6) is 0.923. The third-order valence-corrected chi connectivity index (χ3v) is 3.20. The van der Waals surface area contributed by atoms with E-state index in [4.69, 9.17) is 16.0 Å². The van der Waals surface area contributed by atoms with Crippen LogP contribution in [0, 0.1) is 0 Å². The molecule has 2 rings (SSSR count). The topological polar surface area (TPSA) is 25.2 Å². The van der Waals surface area contributed by atoms with Crippen LogP contribution in [0.25, 0.3) is 11.0 Å². The Balaban J connectivity index is 2.32. The molecule has 2 nitrogen and oxygen atoms in total. The van der Waals surface area contributed by atoms with Gasteiger partial charge in [0.15, 0.2) is 5.58 Å². The van der Waals surface area contributed by atoms with Gasteiger partial charge < -0.3 is 9.73 Å². The first-order chi connectivity index (χ1) is 8.76. The van der Waals surface area contributed by atoms with Crippen molar-refractivity contribution < 1.29 is 4.42 Å². The molecule has 96 valence electrons. The number of nitrogens with one attached hydrogen (secondary N) is 1. The van der Waals surface area contributed by atoms with E-state index in [2.05, 4.69) is 24.9 Å². The summed E-state index contributed by atoms with van der Waals surface area (Å²) in [7, 11) is 0. The second kappa shape index (κ2) is 6.07. The van der Waals surface area contributed by atoms with E-state index in [1.807, 2.05) is 24.3 Å². The quantitative estimate of drug-likeness (QED) is 0.764. The average Bonchev–Trinajstić information content (AvgIpc) is 2.80. The summed E-state index contributed by atoms with van der Waals surface area (Å²) >= 11 is 6.12. The zero-order valence-corrected chi connectivity index (χ0v) is 11.3. The smallest absolute Gasteiger partial charge is 0.152 e. The molecule has 1 aromatic carbocycles. The number of hydrogen-bond acceptors (Lipinski definition) is 2. The van der Waals surface area contributed by atoms with Crippen LogP contribution in [-0.2, 0) is 0 Å². The molecule has 2 aromatic rings. The highest BCUT2D eigenvalue weighted by Crippen LogP contribution is 2.30. The number of rotatable bonds is 6. The monoisotopic (exact) mass is 263 g/mol. The van der Waals surface area contributed by atoms with E-state index in [1.54, 1.807) is 0 Å². The Morgan fingerprint density at radius 1 is 1.50 bits per heavy atom. The van der Waals surface area contributed by atoms with Crippen LogP contribution in [0.3, 0.4) is 0 Å². The average molecular weight is 264 g/mol. The van der Waals surface area contributed by atoms with Gasteiger partial charge in [-0.1, -0.05) is 36.7 Å². The number of fused-ring (bicyclic) bond motifs is 1.